The normalized spacial score (nSPS) is 27.6. The first-order valence-electron chi connectivity index (χ1n) is 11.3. The lowest BCUT2D eigenvalue weighted by Crippen LogP contribution is -2.27. The molecule has 3 unspecified atom stereocenters. The van der Waals surface area contributed by atoms with Gasteiger partial charge in [0, 0.05) is 6.04 Å². The summed E-state index contributed by atoms with van der Waals surface area (Å²) in [7, 11) is 0. The van der Waals surface area contributed by atoms with Crippen molar-refractivity contribution in [3.8, 4) is 0 Å². The zero-order chi connectivity index (χ0) is 19.1. The van der Waals surface area contributed by atoms with E-state index in [9.17, 15) is 0 Å². The van der Waals surface area contributed by atoms with Gasteiger partial charge in [-0.1, -0.05) is 61.3 Å². The molecule has 0 amide bonds. The van der Waals surface area contributed by atoms with Gasteiger partial charge < -0.3 is 5.73 Å². The predicted molar refractivity (Wildman–Crippen MR) is 119 cm³/mol. The van der Waals surface area contributed by atoms with E-state index in [0.29, 0.717) is 5.92 Å². The minimum Gasteiger partial charge on any atom is -0.324 e. The van der Waals surface area contributed by atoms with E-state index in [2.05, 4.69) is 37.8 Å². The quantitative estimate of drug-likeness (QED) is 0.340. The highest BCUT2D eigenvalue weighted by Crippen LogP contribution is 2.42. The first-order chi connectivity index (χ1) is 13.2. The first kappa shape index (κ1) is 20.4. The van der Waals surface area contributed by atoms with Crippen LogP contribution in [0.2, 0.25) is 0 Å². The van der Waals surface area contributed by atoms with Crippen LogP contribution >= 0.6 is 0 Å². The standard InChI is InChI=1S/C26H39N/c1-3-4-5-6-7-15-26(27)25(24-14-9-8-11-20(24)2)19-21-16-17-22-12-10-13-23(22)18-21/h3,8-9,11,14,20-21,26H,1,4-7,10,12-13,15-19,27H2,2H3/b25-24+. The number of allylic oxidation sites excluding steroid dienone is 8. The fourth-order valence-corrected chi connectivity index (χ4v) is 5.26. The van der Waals surface area contributed by atoms with Crippen molar-refractivity contribution in [3.05, 3.63) is 59.3 Å². The molecule has 0 heterocycles. The summed E-state index contributed by atoms with van der Waals surface area (Å²) in [6.07, 6.45) is 26.5. The Hall–Kier alpha value is -1.34. The first-order valence-corrected chi connectivity index (χ1v) is 11.3. The SMILES string of the molecule is C=CCCCCCC(N)/C(CC1CCC2=C(CCC2)C1)=C1\C=CC=CC1C. The van der Waals surface area contributed by atoms with Crippen LogP contribution in [0.15, 0.2) is 59.3 Å². The van der Waals surface area contributed by atoms with Crippen LogP contribution in [-0.2, 0) is 0 Å². The van der Waals surface area contributed by atoms with Gasteiger partial charge in [0.05, 0.1) is 0 Å². The van der Waals surface area contributed by atoms with E-state index in [-0.39, 0.29) is 6.04 Å². The van der Waals surface area contributed by atoms with Gasteiger partial charge in [-0.2, -0.15) is 0 Å². The second-order valence-electron chi connectivity index (χ2n) is 8.92. The van der Waals surface area contributed by atoms with Crippen molar-refractivity contribution in [2.45, 2.75) is 90.0 Å². The number of unbranched alkanes of at least 4 members (excludes halogenated alkanes) is 3. The molecule has 3 atom stereocenters. The van der Waals surface area contributed by atoms with Crippen LogP contribution in [0.1, 0.15) is 84.0 Å². The molecule has 0 saturated carbocycles. The number of hydrogen-bond donors (Lipinski definition) is 1. The maximum Gasteiger partial charge on any atom is 0.0259 e. The van der Waals surface area contributed by atoms with Gasteiger partial charge in [-0.3, -0.25) is 0 Å². The second kappa shape index (κ2) is 10.3. The van der Waals surface area contributed by atoms with Crippen molar-refractivity contribution >= 4 is 0 Å². The highest BCUT2D eigenvalue weighted by Gasteiger charge is 2.27. The summed E-state index contributed by atoms with van der Waals surface area (Å²) in [5.41, 5.74) is 13.5. The third kappa shape index (κ3) is 5.57. The molecular formula is C26H39N. The van der Waals surface area contributed by atoms with Gasteiger partial charge in [-0.25, -0.2) is 0 Å². The maximum atomic E-state index is 6.80. The molecule has 0 radical (unpaired) electrons. The molecule has 0 fully saturated rings. The lowest BCUT2D eigenvalue weighted by Gasteiger charge is -2.30. The maximum absolute atomic E-state index is 6.80. The Morgan fingerprint density at radius 2 is 2.04 bits per heavy atom. The van der Waals surface area contributed by atoms with Crippen LogP contribution in [0.25, 0.3) is 0 Å². The summed E-state index contributed by atoms with van der Waals surface area (Å²) in [6, 6.07) is 0.223. The zero-order valence-electron chi connectivity index (χ0n) is 17.4. The van der Waals surface area contributed by atoms with Crippen LogP contribution in [0, 0.1) is 11.8 Å². The van der Waals surface area contributed by atoms with Gasteiger partial charge in [-0.05, 0) is 87.2 Å². The molecule has 1 heteroatoms. The molecule has 0 bridgehead atoms. The molecule has 0 spiro atoms. The molecule has 0 saturated heterocycles. The predicted octanol–water partition coefficient (Wildman–Crippen LogP) is 7.18. The van der Waals surface area contributed by atoms with E-state index in [1.54, 1.807) is 16.7 Å². The van der Waals surface area contributed by atoms with Gasteiger partial charge in [0.25, 0.3) is 0 Å². The van der Waals surface area contributed by atoms with E-state index in [0.717, 1.165) is 18.8 Å². The average Bonchev–Trinajstić information content (AvgIpc) is 3.14. The molecule has 0 aliphatic heterocycles. The Balaban J connectivity index is 1.67. The minimum atomic E-state index is 0.223. The Labute approximate surface area is 167 Å². The van der Waals surface area contributed by atoms with Crippen LogP contribution in [-0.4, -0.2) is 6.04 Å². The Bertz CT molecular complexity index is 631. The molecule has 3 aliphatic carbocycles. The van der Waals surface area contributed by atoms with Crippen molar-refractivity contribution in [2.75, 3.05) is 0 Å². The van der Waals surface area contributed by atoms with E-state index in [4.69, 9.17) is 5.73 Å². The van der Waals surface area contributed by atoms with Gasteiger partial charge in [0.2, 0.25) is 0 Å². The summed E-state index contributed by atoms with van der Waals surface area (Å²) in [5.74, 6) is 1.31. The number of rotatable bonds is 9. The molecule has 0 aromatic carbocycles. The van der Waals surface area contributed by atoms with E-state index >= 15 is 0 Å². The van der Waals surface area contributed by atoms with Crippen molar-refractivity contribution in [3.63, 3.8) is 0 Å². The zero-order valence-corrected chi connectivity index (χ0v) is 17.4. The summed E-state index contributed by atoms with van der Waals surface area (Å²) in [5, 5.41) is 0. The second-order valence-corrected chi connectivity index (χ2v) is 8.92. The average molecular weight is 366 g/mol. The van der Waals surface area contributed by atoms with E-state index < -0.39 is 0 Å². The summed E-state index contributed by atoms with van der Waals surface area (Å²) < 4.78 is 0. The number of hydrogen-bond acceptors (Lipinski definition) is 1. The van der Waals surface area contributed by atoms with Crippen molar-refractivity contribution in [2.24, 2.45) is 17.6 Å². The largest absolute Gasteiger partial charge is 0.324 e. The van der Waals surface area contributed by atoms with Crippen LogP contribution in [0.4, 0.5) is 0 Å². The molecule has 148 valence electrons. The van der Waals surface area contributed by atoms with Crippen LogP contribution in [0.3, 0.4) is 0 Å². The summed E-state index contributed by atoms with van der Waals surface area (Å²) >= 11 is 0. The monoisotopic (exact) mass is 365 g/mol. The van der Waals surface area contributed by atoms with Gasteiger partial charge >= 0.3 is 0 Å². The van der Waals surface area contributed by atoms with E-state index in [1.807, 2.05) is 6.08 Å². The fourth-order valence-electron chi connectivity index (χ4n) is 5.26. The van der Waals surface area contributed by atoms with Gasteiger partial charge in [0.1, 0.15) is 0 Å². The van der Waals surface area contributed by atoms with Gasteiger partial charge in [-0.15, -0.1) is 6.58 Å². The Morgan fingerprint density at radius 3 is 2.85 bits per heavy atom. The van der Waals surface area contributed by atoms with Crippen LogP contribution in [0.5, 0.6) is 0 Å². The fraction of sp³-hybridized carbons (Fsp3) is 0.615. The van der Waals surface area contributed by atoms with E-state index in [1.165, 1.54) is 69.8 Å². The molecule has 0 aromatic rings. The van der Waals surface area contributed by atoms with Crippen molar-refractivity contribution in [1.82, 2.24) is 0 Å². The third-order valence-electron chi connectivity index (χ3n) is 6.87. The molecule has 1 nitrogen and oxygen atoms in total. The lowest BCUT2D eigenvalue weighted by molar-refractivity contribution is 0.432. The highest BCUT2D eigenvalue weighted by molar-refractivity contribution is 5.39. The van der Waals surface area contributed by atoms with Gasteiger partial charge in [0.15, 0.2) is 0 Å². The molecule has 3 aliphatic rings. The Morgan fingerprint density at radius 1 is 1.19 bits per heavy atom. The smallest absolute Gasteiger partial charge is 0.0259 e. The van der Waals surface area contributed by atoms with Crippen LogP contribution < -0.4 is 5.73 Å². The lowest BCUT2D eigenvalue weighted by atomic mass is 9.77. The Kier molecular flexibility index (Phi) is 7.76. The summed E-state index contributed by atoms with van der Waals surface area (Å²) in [4.78, 5) is 0. The van der Waals surface area contributed by atoms with Crippen molar-refractivity contribution < 1.29 is 0 Å². The summed E-state index contributed by atoms with van der Waals surface area (Å²) in [6.45, 7) is 6.15. The molecule has 27 heavy (non-hydrogen) atoms. The molecular weight excluding hydrogens is 326 g/mol. The van der Waals surface area contributed by atoms with Crippen molar-refractivity contribution in [1.29, 1.82) is 0 Å². The topological polar surface area (TPSA) is 26.0 Å². The third-order valence-corrected chi connectivity index (χ3v) is 6.87. The number of nitrogens with two attached hydrogens (primary N) is 1. The molecule has 2 N–H and O–H groups in total. The molecule has 0 aromatic heterocycles. The highest BCUT2D eigenvalue weighted by atomic mass is 14.6. The molecule has 3 rings (SSSR count). The minimum absolute atomic E-state index is 0.223.